The number of carbonyl (C=O) groups excluding carboxylic acids is 1. The van der Waals surface area contributed by atoms with Crippen LogP contribution >= 0.6 is 0 Å². The molecule has 0 saturated heterocycles. The van der Waals surface area contributed by atoms with Crippen LogP contribution in [0.5, 0.6) is 5.75 Å². The molecule has 210 valence electrons. The maximum atomic E-state index is 15.1. The van der Waals surface area contributed by atoms with Gasteiger partial charge >= 0.3 is 12.1 Å². The Bertz CT molecular complexity index is 1620. The van der Waals surface area contributed by atoms with Crippen molar-refractivity contribution in [2.75, 3.05) is 19.1 Å². The van der Waals surface area contributed by atoms with Gasteiger partial charge < -0.3 is 14.4 Å². The van der Waals surface area contributed by atoms with Crippen LogP contribution in [-0.2, 0) is 15.7 Å². The highest BCUT2D eigenvalue weighted by Crippen LogP contribution is 2.46. The van der Waals surface area contributed by atoms with Gasteiger partial charge in [0.05, 0.1) is 37.9 Å². The Labute approximate surface area is 232 Å². The number of hydrogen-bond acceptors (Lipinski definition) is 5. The highest BCUT2D eigenvalue weighted by Gasteiger charge is 2.38. The van der Waals surface area contributed by atoms with E-state index in [4.69, 9.17) is 9.47 Å². The second-order valence-electron chi connectivity index (χ2n) is 9.25. The Kier molecular flexibility index (Phi) is 7.49. The fourth-order valence-electron chi connectivity index (χ4n) is 4.80. The number of aliphatic imine (C=N–C) groups is 1. The molecule has 0 amide bonds. The van der Waals surface area contributed by atoms with E-state index in [1.54, 1.807) is 42.5 Å². The van der Waals surface area contributed by atoms with Crippen LogP contribution in [0.15, 0.2) is 89.9 Å². The Balaban J connectivity index is 1.74. The molecule has 4 aromatic carbocycles. The summed E-state index contributed by atoms with van der Waals surface area (Å²) in [6.07, 6.45) is -4.99. The summed E-state index contributed by atoms with van der Waals surface area (Å²) in [4.78, 5) is 18.6. The Morgan fingerprint density at radius 1 is 0.878 bits per heavy atom. The number of rotatable bonds is 6. The zero-order valence-corrected chi connectivity index (χ0v) is 21.9. The number of benzene rings is 4. The average molecular weight is 567 g/mol. The molecule has 1 unspecified atom stereocenters. The molecule has 4 aromatic rings. The molecule has 1 aliphatic heterocycles. The van der Waals surface area contributed by atoms with E-state index in [1.165, 1.54) is 49.5 Å². The highest BCUT2D eigenvalue weighted by molar-refractivity contribution is 6.14. The van der Waals surface area contributed by atoms with Crippen LogP contribution in [0.4, 0.5) is 33.3 Å². The standard InChI is InChI=1S/C31H23F5N2O3/c1-40-27-15-12-21(31(34,35)36)16-26(27)38-25(17-28(39)41-2)23-4-3-5-24(33)29(23)37-30(38)20-8-6-18(7-9-20)19-10-13-22(32)14-11-19/h3-16,25H,17H2,1-2H3. The predicted molar refractivity (Wildman–Crippen MR) is 144 cm³/mol. The van der Waals surface area contributed by atoms with E-state index in [0.717, 1.165) is 23.3 Å². The molecule has 0 fully saturated rings. The van der Waals surface area contributed by atoms with Gasteiger partial charge in [-0.15, -0.1) is 0 Å². The summed E-state index contributed by atoms with van der Waals surface area (Å²) in [5, 5.41) is 0. The molecule has 10 heteroatoms. The number of halogens is 5. The molecule has 0 radical (unpaired) electrons. The molecule has 1 heterocycles. The van der Waals surface area contributed by atoms with Gasteiger partial charge in [-0.3, -0.25) is 4.79 Å². The van der Waals surface area contributed by atoms with Gasteiger partial charge in [-0.05, 0) is 47.5 Å². The first-order valence-corrected chi connectivity index (χ1v) is 12.5. The van der Waals surface area contributed by atoms with Crippen LogP contribution in [0.1, 0.15) is 29.2 Å². The zero-order chi connectivity index (χ0) is 29.3. The van der Waals surface area contributed by atoms with Gasteiger partial charge in [-0.2, -0.15) is 13.2 Å². The van der Waals surface area contributed by atoms with E-state index >= 15 is 4.39 Å². The molecule has 1 atom stereocenters. The molecule has 0 aromatic heterocycles. The first-order valence-electron chi connectivity index (χ1n) is 12.5. The van der Waals surface area contributed by atoms with Crippen LogP contribution in [0.25, 0.3) is 11.1 Å². The Morgan fingerprint density at radius 3 is 2.12 bits per heavy atom. The molecule has 5 nitrogen and oxygen atoms in total. The molecular weight excluding hydrogens is 543 g/mol. The summed E-state index contributed by atoms with van der Waals surface area (Å²) in [5.74, 6) is -1.52. The van der Waals surface area contributed by atoms with Gasteiger partial charge in [0.2, 0.25) is 0 Å². The number of anilines is 1. The molecule has 0 N–H and O–H groups in total. The monoisotopic (exact) mass is 566 g/mol. The minimum absolute atomic E-state index is 0.0208. The van der Waals surface area contributed by atoms with E-state index in [-0.39, 0.29) is 35.2 Å². The van der Waals surface area contributed by atoms with Crippen LogP contribution in [0.2, 0.25) is 0 Å². The minimum atomic E-state index is -4.67. The first kappa shape index (κ1) is 27.8. The minimum Gasteiger partial charge on any atom is -0.495 e. The third-order valence-corrected chi connectivity index (χ3v) is 6.81. The average Bonchev–Trinajstić information content (AvgIpc) is 2.97. The van der Waals surface area contributed by atoms with Crippen molar-refractivity contribution in [2.45, 2.75) is 18.6 Å². The number of esters is 1. The Hall–Kier alpha value is -4.73. The number of para-hydroxylation sites is 1. The number of ether oxygens (including phenoxy) is 2. The SMILES string of the molecule is COC(=O)CC1c2cccc(F)c2N=C(c2ccc(-c3ccc(F)cc3)cc2)N1c1cc(C(F)(F)F)ccc1OC. The zero-order valence-electron chi connectivity index (χ0n) is 21.9. The van der Waals surface area contributed by atoms with Crippen molar-refractivity contribution in [1.29, 1.82) is 0 Å². The summed E-state index contributed by atoms with van der Waals surface area (Å²) >= 11 is 0. The van der Waals surface area contributed by atoms with Crippen molar-refractivity contribution < 1.29 is 36.2 Å². The number of alkyl halides is 3. The molecule has 0 saturated carbocycles. The highest BCUT2D eigenvalue weighted by atomic mass is 19.4. The normalized spacial score (nSPS) is 14.8. The quantitative estimate of drug-likeness (QED) is 0.176. The number of carbonyl (C=O) groups is 1. The fraction of sp³-hybridized carbons (Fsp3) is 0.161. The summed E-state index contributed by atoms with van der Waals surface area (Å²) in [6, 6.07) is 18.9. The van der Waals surface area contributed by atoms with Gasteiger partial charge in [-0.1, -0.05) is 48.5 Å². The van der Waals surface area contributed by atoms with Gasteiger partial charge in [0, 0.05) is 11.1 Å². The van der Waals surface area contributed by atoms with Crippen LogP contribution in [0, 0.1) is 11.6 Å². The van der Waals surface area contributed by atoms with E-state index in [0.29, 0.717) is 11.1 Å². The van der Waals surface area contributed by atoms with Crippen molar-refractivity contribution in [3.8, 4) is 16.9 Å². The summed E-state index contributed by atoms with van der Waals surface area (Å²) in [5.41, 5.74) is 1.20. The number of fused-ring (bicyclic) bond motifs is 1. The fourth-order valence-corrected chi connectivity index (χ4v) is 4.80. The van der Waals surface area contributed by atoms with Crippen LogP contribution in [0.3, 0.4) is 0 Å². The van der Waals surface area contributed by atoms with Gasteiger partial charge in [0.15, 0.2) is 0 Å². The number of nitrogens with zero attached hydrogens (tertiary/aromatic N) is 2. The second kappa shape index (κ2) is 11.0. The van der Waals surface area contributed by atoms with Gasteiger partial charge in [0.25, 0.3) is 0 Å². The van der Waals surface area contributed by atoms with Crippen molar-refractivity contribution in [3.63, 3.8) is 0 Å². The molecule has 0 bridgehead atoms. The second-order valence-corrected chi connectivity index (χ2v) is 9.25. The summed E-state index contributed by atoms with van der Waals surface area (Å²) in [6.45, 7) is 0. The summed E-state index contributed by atoms with van der Waals surface area (Å²) < 4.78 is 80.4. The topological polar surface area (TPSA) is 51.1 Å². The lowest BCUT2D eigenvalue weighted by molar-refractivity contribution is -0.141. The van der Waals surface area contributed by atoms with Crippen molar-refractivity contribution in [2.24, 2.45) is 4.99 Å². The number of hydrogen-bond donors (Lipinski definition) is 0. The van der Waals surface area contributed by atoms with Crippen LogP contribution in [-0.4, -0.2) is 26.0 Å². The molecule has 0 spiro atoms. The molecule has 1 aliphatic rings. The lowest BCUT2D eigenvalue weighted by atomic mass is 9.94. The van der Waals surface area contributed by atoms with Gasteiger partial charge in [-0.25, -0.2) is 13.8 Å². The molecular formula is C31H23F5N2O3. The van der Waals surface area contributed by atoms with E-state index in [9.17, 15) is 22.4 Å². The smallest absolute Gasteiger partial charge is 0.416 e. The Morgan fingerprint density at radius 2 is 1.51 bits per heavy atom. The number of amidine groups is 1. The molecule has 0 aliphatic carbocycles. The number of methoxy groups -OCH3 is 2. The van der Waals surface area contributed by atoms with E-state index in [2.05, 4.69) is 4.99 Å². The predicted octanol–water partition coefficient (Wildman–Crippen LogP) is 7.86. The largest absolute Gasteiger partial charge is 0.495 e. The van der Waals surface area contributed by atoms with Crippen molar-refractivity contribution >= 4 is 23.2 Å². The van der Waals surface area contributed by atoms with E-state index in [1.807, 2.05) is 0 Å². The third-order valence-electron chi connectivity index (χ3n) is 6.81. The maximum Gasteiger partial charge on any atom is 0.416 e. The summed E-state index contributed by atoms with van der Waals surface area (Å²) in [7, 11) is 2.50. The first-order chi connectivity index (χ1) is 19.6. The van der Waals surface area contributed by atoms with Crippen LogP contribution < -0.4 is 9.64 Å². The van der Waals surface area contributed by atoms with Crippen molar-refractivity contribution in [1.82, 2.24) is 0 Å². The van der Waals surface area contributed by atoms with Gasteiger partial charge in [0.1, 0.15) is 28.9 Å². The lowest BCUT2D eigenvalue weighted by Crippen LogP contribution is -2.39. The van der Waals surface area contributed by atoms with E-state index < -0.39 is 29.6 Å². The molecule has 5 rings (SSSR count). The molecule has 41 heavy (non-hydrogen) atoms. The maximum absolute atomic E-state index is 15.1. The third kappa shape index (κ3) is 5.50. The van der Waals surface area contributed by atoms with Crippen molar-refractivity contribution in [3.05, 3.63) is 113 Å². The lowest BCUT2D eigenvalue weighted by Gasteiger charge is -2.39.